The van der Waals surface area contributed by atoms with Crippen molar-refractivity contribution in [2.24, 2.45) is 0 Å². The minimum Gasteiger partial charge on any atom is -0.464 e. The van der Waals surface area contributed by atoms with Crippen LogP contribution in [0.3, 0.4) is 0 Å². The van der Waals surface area contributed by atoms with Crippen LogP contribution in [0.15, 0.2) is 36.7 Å². The Balaban J connectivity index is 2.09. The maximum atomic E-state index is 13.7. The van der Waals surface area contributed by atoms with Crippen LogP contribution in [-0.4, -0.2) is 40.0 Å². The molecule has 2 aromatic heterocycles. The molecule has 0 bridgehead atoms. The van der Waals surface area contributed by atoms with Gasteiger partial charge in [-0.2, -0.15) is 23.5 Å². The molecule has 0 aliphatic carbocycles. The highest BCUT2D eigenvalue weighted by Crippen LogP contribution is 2.34. The summed E-state index contributed by atoms with van der Waals surface area (Å²) in [6.07, 6.45) is -2.79. The highest BCUT2D eigenvalue weighted by atomic mass is 19.4. The summed E-state index contributed by atoms with van der Waals surface area (Å²) >= 11 is 0. The molecule has 0 aliphatic heterocycles. The van der Waals surface area contributed by atoms with Gasteiger partial charge in [0, 0.05) is 11.9 Å². The SMILES string of the molecule is CCOC(=O)c1cnn(-c2ccc(-n3cc(C#N)c(N)c3C(=O)OC)cc2)c1C(F)(F)F. The molecule has 32 heavy (non-hydrogen) atoms. The fourth-order valence-electron chi connectivity index (χ4n) is 3.05. The lowest BCUT2D eigenvalue weighted by Gasteiger charge is -2.13. The van der Waals surface area contributed by atoms with E-state index in [1.165, 1.54) is 42.0 Å². The Bertz CT molecular complexity index is 1220. The molecule has 3 rings (SSSR count). The maximum absolute atomic E-state index is 13.7. The Morgan fingerprint density at radius 1 is 1.19 bits per heavy atom. The third kappa shape index (κ3) is 3.87. The minimum atomic E-state index is -4.88. The number of nitrogens with two attached hydrogens (primary N) is 1. The Morgan fingerprint density at radius 2 is 1.81 bits per heavy atom. The number of alkyl halides is 3. The van der Waals surface area contributed by atoms with E-state index in [1.54, 1.807) is 0 Å². The van der Waals surface area contributed by atoms with Crippen molar-refractivity contribution in [1.82, 2.24) is 14.3 Å². The summed E-state index contributed by atoms with van der Waals surface area (Å²) in [6.45, 7) is 1.38. The highest BCUT2D eigenvalue weighted by Gasteiger charge is 2.41. The molecule has 12 heteroatoms. The van der Waals surface area contributed by atoms with Crippen molar-refractivity contribution in [1.29, 1.82) is 5.26 Å². The summed E-state index contributed by atoms with van der Waals surface area (Å²) in [5.74, 6) is -1.93. The second-order valence-electron chi connectivity index (χ2n) is 6.33. The number of methoxy groups -OCH3 is 1. The first-order chi connectivity index (χ1) is 15.1. The van der Waals surface area contributed by atoms with Gasteiger partial charge >= 0.3 is 18.1 Å². The lowest BCUT2D eigenvalue weighted by molar-refractivity contribution is -0.143. The number of carbonyl (C=O) groups is 2. The number of aromatic nitrogens is 3. The van der Waals surface area contributed by atoms with E-state index in [1.807, 2.05) is 6.07 Å². The number of nitrogens with zero attached hydrogens (tertiary/aromatic N) is 4. The molecule has 0 aliphatic rings. The van der Waals surface area contributed by atoms with Crippen LogP contribution in [0, 0.1) is 11.3 Å². The van der Waals surface area contributed by atoms with Gasteiger partial charge in [-0.15, -0.1) is 0 Å². The summed E-state index contributed by atoms with van der Waals surface area (Å²) < 4.78 is 52.3. The topological polar surface area (TPSA) is 125 Å². The molecule has 2 heterocycles. The van der Waals surface area contributed by atoms with Gasteiger partial charge in [-0.05, 0) is 31.2 Å². The van der Waals surface area contributed by atoms with E-state index in [4.69, 9.17) is 10.5 Å². The van der Waals surface area contributed by atoms with E-state index >= 15 is 0 Å². The largest absolute Gasteiger partial charge is 0.464 e. The van der Waals surface area contributed by atoms with Crippen LogP contribution in [-0.2, 0) is 15.7 Å². The molecule has 0 atom stereocenters. The molecule has 0 amide bonds. The van der Waals surface area contributed by atoms with Crippen molar-refractivity contribution < 1.29 is 32.2 Å². The number of rotatable bonds is 5. The number of ether oxygens (including phenoxy) is 2. The normalized spacial score (nSPS) is 11.1. The number of halogens is 3. The number of nitrogen functional groups attached to an aromatic ring is 1. The molecule has 1 aromatic carbocycles. The molecule has 0 fully saturated rings. The molecule has 0 spiro atoms. The molecule has 0 saturated carbocycles. The lowest BCUT2D eigenvalue weighted by atomic mass is 10.2. The van der Waals surface area contributed by atoms with Gasteiger partial charge in [-0.3, -0.25) is 0 Å². The standard InChI is InChI=1S/C20H16F3N5O4/c1-3-32-18(29)14-9-26-28(17(14)20(21,22)23)13-6-4-12(5-7-13)27-10-11(8-24)15(25)16(27)19(30)31-2/h4-7,9-10H,3,25H2,1-2H3. The molecule has 166 valence electrons. The average molecular weight is 447 g/mol. The lowest BCUT2D eigenvalue weighted by Crippen LogP contribution is -2.18. The van der Waals surface area contributed by atoms with Gasteiger partial charge in [0.15, 0.2) is 11.4 Å². The zero-order valence-corrected chi connectivity index (χ0v) is 16.8. The fraction of sp³-hybridized carbons (Fsp3) is 0.200. The number of hydrogen-bond acceptors (Lipinski definition) is 7. The van der Waals surface area contributed by atoms with E-state index in [0.29, 0.717) is 10.4 Å². The summed E-state index contributed by atoms with van der Waals surface area (Å²) in [6, 6.07) is 7.25. The van der Waals surface area contributed by atoms with Gasteiger partial charge < -0.3 is 19.8 Å². The molecule has 2 N–H and O–H groups in total. The van der Waals surface area contributed by atoms with Crippen LogP contribution in [0.25, 0.3) is 11.4 Å². The first kappa shape index (κ1) is 22.4. The molecule has 9 nitrogen and oxygen atoms in total. The summed E-state index contributed by atoms with van der Waals surface area (Å²) in [5, 5.41) is 12.9. The number of hydrogen-bond donors (Lipinski definition) is 1. The third-order valence-electron chi connectivity index (χ3n) is 4.45. The minimum absolute atomic E-state index is 0.00289. The van der Waals surface area contributed by atoms with Crippen LogP contribution in [0.5, 0.6) is 0 Å². The number of benzene rings is 1. The monoisotopic (exact) mass is 447 g/mol. The second kappa shape index (κ2) is 8.46. The molecule has 0 radical (unpaired) electrons. The van der Waals surface area contributed by atoms with Crippen LogP contribution in [0.4, 0.5) is 18.9 Å². The van der Waals surface area contributed by atoms with Crippen LogP contribution in [0.2, 0.25) is 0 Å². The smallest absolute Gasteiger partial charge is 0.434 e. The van der Waals surface area contributed by atoms with Crippen molar-refractivity contribution in [2.75, 3.05) is 19.5 Å². The third-order valence-corrected chi connectivity index (χ3v) is 4.45. The number of carbonyl (C=O) groups excluding carboxylic acids is 2. The van der Waals surface area contributed by atoms with Gasteiger partial charge in [0.25, 0.3) is 0 Å². The van der Waals surface area contributed by atoms with Crippen LogP contribution < -0.4 is 5.73 Å². The Kier molecular flexibility index (Phi) is 5.93. The maximum Gasteiger partial charge on any atom is 0.434 e. The first-order valence-electron chi connectivity index (χ1n) is 9.06. The van der Waals surface area contributed by atoms with Gasteiger partial charge in [0.05, 0.1) is 36.9 Å². The van der Waals surface area contributed by atoms with E-state index in [9.17, 15) is 28.0 Å². The summed E-state index contributed by atoms with van der Waals surface area (Å²) in [7, 11) is 1.14. The molecular formula is C20H16F3N5O4. The Hall–Kier alpha value is -4.27. The Morgan fingerprint density at radius 3 is 2.34 bits per heavy atom. The predicted octanol–water partition coefficient (Wildman–Crippen LogP) is 3.10. The number of anilines is 1. The highest BCUT2D eigenvalue weighted by molar-refractivity contribution is 5.96. The van der Waals surface area contributed by atoms with Crippen molar-refractivity contribution in [3.8, 4) is 17.4 Å². The van der Waals surface area contributed by atoms with Crippen molar-refractivity contribution in [3.63, 3.8) is 0 Å². The molecule has 3 aromatic rings. The van der Waals surface area contributed by atoms with Crippen LogP contribution >= 0.6 is 0 Å². The molecular weight excluding hydrogens is 431 g/mol. The molecule has 0 saturated heterocycles. The molecule has 0 unspecified atom stereocenters. The second-order valence-corrected chi connectivity index (χ2v) is 6.33. The number of nitriles is 1. The van der Waals surface area contributed by atoms with Gasteiger partial charge in [-0.25, -0.2) is 14.3 Å². The van der Waals surface area contributed by atoms with Gasteiger partial charge in [0.2, 0.25) is 0 Å². The van der Waals surface area contributed by atoms with E-state index in [2.05, 4.69) is 9.84 Å². The quantitative estimate of drug-likeness (QED) is 0.596. The fourth-order valence-corrected chi connectivity index (χ4v) is 3.05. The first-order valence-corrected chi connectivity index (χ1v) is 9.06. The van der Waals surface area contributed by atoms with Gasteiger partial charge in [0.1, 0.15) is 11.6 Å². The van der Waals surface area contributed by atoms with Crippen molar-refractivity contribution >= 4 is 17.6 Å². The van der Waals surface area contributed by atoms with Crippen molar-refractivity contribution in [2.45, 2.75) is 13.1 Å². The zero-order valence-electron chi connectivity index (χ0n) is 16.8. The summed E-state index contributed by atoms with van der Waals surface area (Å²) in [4.78, 5) is 24.0. The summed E-state index contributed by atoms with van der Waals surface area (Å²) in [5.41, 5.74) is 4.01. The van der Waals surface area contributed by atoms with Crippen LogP contribution in [0.1, 0.15) is 39.0 Å². The average Bonchev–Trinajstić information content (AvgIpc) is 3.35. The van der Waals surface area contributed by atoms with E-state index in [0.717, 1.165) is 13.3 Å². The predicted molar refractivity (Wildman–Crippen MR) is 104 cm³/mol. The number of esters is 2. The van der Waals surface area contributed by atoms with Crippen molar-refractivity contribution in [3.05, 3.63) is 59.2 Å². The van der Waals surface area contributed by atoms with E-state index in [-0.39, 0.29) is 29.2 Å². The Labute approximate surface area is 179 Å². The van der Waals surface area contributed by atoms with E-state index < -0.39 is 29.4 Å². The zero-order chi connectivity index (χ0) is 23.6. The van der Waals surface area contributed by atoms with Gasteiger partial charge in [-0.1, -0.05) is 0 Å².